The normalized spacial score (nSPS) is 11.0. The Morgan fingerprint density at radius 1 is 1.07 bits per heavy atom. The Kier molecular flexibility index (Phi) is 4.16. The van der Waals surface area contributed by atoms with Crippen LogP contribution in [-0.2, 0) is 6.54 Å². The second-order valence-electron chi connectivity index (χ2n) is 6.39. The Morgan fingerprint density at radius 2 is 1.81 bits per heavy atom. The second-order valence-corrected chi connectivity index (χ2v) is 6.39. The first-order valence-electron chi connectivity index (χ1n) is 8.53. The molecule has 134 valence electrons. The molecule has 2 aromatic heterocycles. The molecule has 1 amide bonds. The summed E-state index contributed by atoms with van der Waals surface area (Å²) in [6, 6.07) is 16.4. The summed E-state index contributed by atoms with van der Waals surface area (Å²) < 4.78 is 5.26. The number of amides is 1. The first kappa shape index (κ1) is 16.9. The van der Waals surface area contributed by atoms with E-state index in [-0.39, 0.29) is 12.1 Å². The maximum atomic E-state index is 12.8. The zero-order chi connectivity index (χ0) is 19.0. The van der Waals surface area contributed by atoms with E-state index in [0.717, 1.165) is 16.6 Å². The van der Waals surface area contributed by atoms with E-state index >= 15 is 0 Å². The van der Waals surface area contributed by atoms with Crippen LogP contribution in [0.1, 0.15) is 21.9 Å². The van der Waals surface area contributed by atoms with Crippen LogP contribution in [0.25, 0.3) is 21.9 Å². The summed E-state index contributed by atoms with van der Waals surface area (Å²) in [7, 11) is 1.62. The Morgan fingerprint density at radius 3 is 2.67 bits per heavy atom. The summed E-state index contributed by atoms with van der Waals surface area (Å²) in [4.78, 5) is 35.4. The highest BCUT2D eigenvalue weighted by atomic mass is 16.4. The van der Waals surface area contributed by atoms with Crippen molar-refractivity contribution in [1.82, 2.24) is 14.9 Å². The number of aryl methyl sites for hydroxylation is 1. The summed E-state index contributed by atoms with van der Waals surface area (Å²) in [5.74, 6) is 0.0936. The van der Waals surface area contributed by atoms with Crippen molar-refractivity contribution < 1.29 is 9.21 Å². The summed E-state index contributed by atoms with van der Waals surface area (Å²) in [5.41, 5.74) is 1.47. The molecule has 0 fully saturated rings. The highest BCUT2D eigenvalue weighted by Gasteiger charge is 2.19. The third-order valence-electron chi connectivity index (χ3n) is 4.44. The van der Waals surface area contributed by atoms with Crippen LogP contribution >= 0.6 is 0 Å². The van der Waals surface area contributed by atoms with Gasteiger partial charge in [0.15, 0.2) is 0 Å². The van der Waals surface area contributed by atoms with E-state index in [9.17, 15) is 9.59 Å². The molecule has 2 aromatic carbocycles. The summed E-state index contributed by atoms with van der Waals surface area (Å²) in [6.45, 7) is 2.10. The van der Waals surface area contributed by atoms with Crippen molar-refractivity contribution in [1.29, 1.82) is 0 Å². The van der Waals surface area contributed by atoms with Crippen LogP contribution in [0.3, 0.4) is 0 Å². The number of rotatable bonds is 3. The molecular weight excluding hydrogens is 342 g/mol. The number of carbonyl (C=O) groups excluding carboxylic acids is 1. The molecule has 0 radical (unpaired) electrons. The van der Waals surface area contributed by atoms with E-state index in [1.807, 2.05) is 37.3 Å². The lowest BCUT2D eigenvalue weighted by atomic mass is 10.1. The minimum atomic E-state index is -0.652. The van der Waals surface area contributed by atoms with Crippen molar-refractivity contribution in [2.45, 2.75) is 13.5 Å². The molecule has 0 aliphatic carbocycles. The largest absolute Gasteiger partial charge is 0.422 e. The van der Waals surface area contributed by atoms with E-state index in [1.165, 1.54) is 4.90 Å². The lowest BCUT2D eigenvalue weighted by Gasteiger charge is -2.16. The highest BCUT2D eigenvalue weighted by Crippen LogP contribution is 2.16. The Labute approximate surface area is 155 Å². The third-order valence-corrected chi connectivity index (χ3v) is 4.44. The molecule has 0 unspecified atom stereocenters. The first-order chi connectivity index (χ1) is 13.0. The van der Waals surface area contributed by atoms with Crippen molar-refractivity contribution in [3.63, 3.8) is 0 Å². The van der Waals surface area contributed by atoms with Crippen LogP contribution in [0.2, 0.25) is 0 Å². The molecule has 0 atom stereocenters. The number of nitrogens with zero attached hydrogens (tertiary/aromatic N) is 3. The van der Waals surface area contributed by atoms with Gasteiger partial charge in [0, 0.05) is 23.5 Å². The lowest BCUT2D eigenvalue weighted by molar-refractivity contribution is 0.0777. The average Bonchev–Trinajstić information content (AvgIpc) is 2.67. The molecule has 27 heavy (non-hydrogen) atoms. The fraction of sp³-hybridized carbons (Fsp3) is 0.143. The van der Waals surface area contributed by atoms with E-state index in [4.69, 9.17) is 4.42 Å². The molecule has 2 heterocycles. The van der Waals surface area contributed by atoms with Crippen LogP contribution in [0.15, 0.2) is 63.8 Å². The van der Waals surface area contributed by atoms with Crippen LogP contribution in [0, 0.1) is 6.92 Å². The molecule has 6 heteroatoms. The Hall–Kier alpha value is -3.54. The van der Waals surface area contributed by atoms with Crippen molar-refractivity contribution >= 4 is 27.8 Å². The first-order valence-corrected chi connectivity index (χ1v) is 8.53. The molecule has 0 saturated heterocycles. The molecule has 4 aromatic rings. The smallest absolute Gasteiger partial charge is 0.349 e. The molecule has 0 aliphatic rings. The maximum Gasteiger partial charge on any atom is 0.349 e. The van der Waals surface area contributed by atoms with Gasteiger partial charge in [-0.1, -0.05) is 36.4 Å². The van der Waals surface area contributed by atoms with Gasteiger partial charge >= 0.3 is 5.63 Å². The highest BCUT2D eigenvalue weighted by molar-refractivity contribution is 5.96. The monoisotopic (exact) mass is 359 g/mol. The minimum absolute atomic E-state index is 0.00582. The summed E-state index contributed by atoms with van der Waals surface area (Å²) in [6.07, 6.45) is 0. The quantitative estimate of drug-likeness (QED) is 0.525. The van der Waals surface area contributed by atoms with Gasteiger partial charge in [-0.05, 0) is 25.1 Å². The molecular formula is C21H17N3O3. The summed E-state index contributed by atoms with van der Waals surface area (Å²) in [5, 5.41) is 1.68. The number of aromatic nitrogens is 2. The lowest BCUT2D eigenvalue weighted by Crippen LogP contribution is -2.31. The van der Waals surface area contributed by atoms with Crippen LogP contribution in [-0.4, -0.2) is 27.8 Å². The van der Waals surface area contributed by atoms with Gasteiger partial charge < -0.3 is 9.32 Å². The van der Waals surface area contributed by atoms with E-state index < -0.39 is 11.5 Å². The molecule has 6 nitrogen and oxygen atoms in total. The molecule has 0 spiro atoms. The van der Waals surface area contributed by atoms with Gasteiger partial charge in [0.05, 0.1) is 12.1 Å². The molecule has 0 bridgehead atoms. The van der Waals surface area contributed by atoms with Crippen LogP contribution < -0.4 is 5.63 Å². The van der Waals surface area contributed by atoms with Gasteiger partial charge in [-0.25, -0.2) is 14.8 Å². The van der Waals surface area contributed by atoms with Crippen LogP contribution in [0.4, 0.5) is 0 Å². The Bertz CT molecular complexity index is 1230. The van der Waals surface area contributed by atoms with Crippen molar-refractivity contribution in [3.05, 3.63) is 82.1 Å². The minimum Gasteiger partial charge on any atom is -0.422 e. The van der Waals surface area contributed by atoms with Gasteiger partial charge in [-0.15, -0.1) is 0 Å². The predicted octanol–water partition coefficient (Wildman–Crippen LogP) is 3.32. The van der Waals surface area contributed by atoms with Gasteiger partial charge in [0.1, 0.15) is 17.0 Å². The number of hydrogen-bond acceptors (Lipinski definition) is 5. The van der Waals surface area contributed by atoms with Crippen molar-refractivity contribution in [3.8, 4) is 0 Å². The molecule has 0 N–H and O–H groups in total. The van der Waals surface area contributed by atoms with E-state index in [2.05, 4.69) is 9.97 Å². The topological polar surface area (TPSA) is 76.3 Å². The standard InChI is InChI=1S/C21H17N3O3/c1-13-15-8-4-5-9-17(15)23-19(22-13)12-24(2)20(25)16-11-14-7-3-6-10-18(14)27-21(16)26/h3-11H,12H2,1-2H3. The number of para-hydroxylation sites is 2. The van der Waals surface area contributed by atoms with Crippen LogP contribution in [0.5, 0.6) is 0 Å². The second kappa shape index (κ2) is 6.64. The predicted molar refractivity (Wildman–Crippen MR) is 103 cm³/mol. The SMILES string of the molecule is Cc1nc(CN(C)C(=O)c2cc3ccccc3oc2=O)nc2ccccc12. The zero-order valence-corrected chi connectivity index (χ0v) is 15.0. The fourth-order valence-corrected chi connectivity index (χ4v) is 3.07. The fourth-order valence-electron chi connectivity index (χ4n) is 3.07. The molecule has 4 rings (SSSR count). The zero-order valence-electron chi connectivity index (χ0n) is 15.0. The van der Waals surface area contributed by atoms with Gasteiger partial charge in [-0.2, -0.15) is 0 Å². The number of hydrogen-bond donors (Lipinski definition) is 0. The van der Waals surface area contributed by atoms with Crippen molar-refractivity contribution in [2.24, 2.45) is 0 Å². The third kappa shape index (κ3) is 3.17. The number of fused-ring (bicyclic) bond motifs is 2. The van der Waals surface area contributed by atoms with E-state index in [1.54, 1.807) is 31.3 Å². The molecule has 0 saturated carbocycles. The van der Waals surface area contributed by atoms with Gasteiger partial charge in [0.25, 0.3) is 5.91 Å². The average molecular weight is 359 g/mol. The van der Waals surface area contributed by atoms with E-state index in [0.29, 0.717) is 16.8 Å². The van der Waals surface area contributed by atoms with Gasteiger partial charge in [-0.3, -0.25) is 4.79 Å². The maximum absolute atomic E-state index is 12.8. The molecule has 0 aliphatic heterocycles. The summed E-state index contributed by atoms with van der Waals surface area (Å²) >= 11 is 0. The number of carbonyl (C=O) groups is 1. The number of benzene rings is 2. The Balaban J connectivity index is 1.65. The van der Waals surface area contributed by atoms with Gasteiger partial charge in [0.2, 0.25) is 0 Å². The van der Waals surface area contributed by atoms with Crippen molar-refractivity contribution in [2.75, 3.05) is 7.05 Å².